The Morgan fingerprint density at radius 3 is 2.68 bits per heavy atom. The van der Waals surface area contributed by atoms with E-state index in [-0.39, 0.29) is 42.3 Å². The van der Waals surface area contributed by atoms with Gasteiger partial charge in [-0.05, 0) is 13.0 Å². The van der Waals surface area contributed by atoms with Crippen molar-refractivity contribution in [3.8, 4) is 0 Å². The SMILES string of the molecule is CCOC(=O)C1=NO[C@H]2COC3(CCN(c4ncc(C(F)(F)F)cc4Cl)CC3)OC[C@@H]12. The highest BCUT2D eigenvalue weighted by atomic mass is 35.5. The minimum absolute atomic E-state index is 0.0632. The van der Waals surface area contributed by atoms with Gasteiger partial charge in [-0.1, -0.05) is 16.8 Å². The van der Waals surface area contributed by atoms with Crippen LogP contribution >= 0.6 is 11.6 Å². The molecule has 0 aliphatic carbocycles. The van der Waals surface area contributed by atoms with Gasteiger partial charge >= 0.3 is 12.1 Å². The number of hydrogen-bond donors (Lipinski definition) is 0. The van der Waals surface area contributed by atoms with Crippen molar-refractivity contribution in [3.63, 3.8) is 0 Å². The third kappa shape index (κ3) is 4.44. The van der Waals surface area contributed by atoms with Crippen molar-refractivity contribution >= 4 is 29.1 Å². The maximum absolute atomic E-state index is 12.8. The van der Waals surface area contributed by atoms with Crippen molar-refractivity contribution in [1.29, 1.82) is 0 Å². The Morgan fingerprint density at radius 1 is 1.32 bits per heavy atom. The van der Waals surface area contributed by atoms with Crippen molar-refractivity contribution < 1.29 is 37.0 Å². The molecule has 2 atom stereocenters. The summed E-state index contributed by atoms with van der Waals surface area (Å²) < 4.78 is 55.6. The fourth-order valence-electron chi connectivity index (χ4n) is 3.85. The van der Waals surface area contributed by atoms with E-state index in [1.807, 2.05) is 0 Å². The lowest BCUT2D eigenvalue weighted by Gasteiger charge is -2.41. The lowest BCUT2D eigenvalue weighted by Crippen LogP contribution is -2.48. The van der Waals surface area contributed by atoms with Gasteiger partial charge in [-0.25, -0.2) is 9.78 Å². The number of ether oxygens (including phenoxy) is 3. The zero-order chi connectivity index (χ0) is 22.2. The summed E-state index contributed by atoms with van der Waals surface area (Å²) in [5.74, 6) is -1.52. The molecule has 0 N–H and O–H groups in total. The molecule has 31 heavy (non-hydrogen) atoms. The van der Waals surface area contributed by atoms with Gasteiger partial charge in [0.25, 0.3) is 0 Å². The van der Waals surface area contributed by atoms with Gasteiger partial charge < -0.3 is 23.9 Å². The van der Waals surface area contributed by atoms with Crippen LogP contribution in [0.25, 0.3) is 0 Å². The Hall–Kier alpha value is -2.11. The lowest BCUT2D eigenvalue weighted by molar-refractivity contribution is -0.240. The molecule has 2 saturated heterocycles. The number of oxime groups is 1. The number of nitrogens with zero attached hydrogens (tertiary/aromatic N) is 3. The summed E-state index contributed by atoms with van der Waals surface area (Å²) in [6, 6.07) is 0.877. The number of hydrogen-bond acceptors (Lipinski definition) is 8. The van der Waals surface area contributed by atoms with Crippen LogP contribution < -0.4 is 4.90 Å². The highest BCUT2D eigenvalue weighted by Crippen LogP contribution is 2.38. The summed E-state index contributed by atoms with van der Waals surface area (Å²) >= 11 is 6.07. The molecule has 1 aromatic heterocycles. The lowest BCUT2D eigenvalue weighted by atomic mass is 9.99. The average Bonchev–Trinajstić information content (AvgIpc) is 3.06. The van der Waals surface area contributed by atoms with Crippen LogP contribution in [-0.4, -0.2) is 61.5 Å². The second-order valence-electron chi connectivity index (χ2n) is 7.49. The number of rotatable bonds is 3. The van der Waals surface area contributed by atoms with Crippen LogP contribution in [0.3, 0.4) is 0 Å². The number of esters is 1. The van der Waals surface area contributed by atoms with Gasteiger partial charge in [-0.15, -0.1) is 0 Å². The number of aromatic nitrogens is 1. The molecule has 2 fully saturated rings. The fourth-order valence-corrected chi connectivity index (χ4v) is 4.14. The highest BCUT2D eigenvalue weighted by molar-refractivity contribution is 6.37. The Bertz CT molecular complexity index is 874. The summed E-state index contributed by atoms with van der Waals surface area (Å²) in [5, 5.41) is 3.77. The molecule has 3 aliphatic rings. The van der Waals surface area contributed by atoms with Crippen LogP contribution in [-0.2, 0) is 30.0 Å². The number of alkyl halides is 3. The van der Waals surface area contributed by atoms with E-state index >= 15 is 0 Å². The first kappa shape index (κ1) is 22.1. The first-order valence-corrected chi connectivity index (χ1v) is 10.3. The predicted octanol–water partition coefficient (Wildman–Crippen LogP) is 3.03. The predicted molar refractivity (Wildman–Crippen MR) is 103 cm³/mol. The Morgan fingerprint density at radius 2 is 2.03 bits per heavy atom. The molecule has 3 aliphatic heterocycles. The van der Waals surface area contributed by atoms with Crippen LogP contribution in [0.15, 0.2) is 17.4 Å². The van der Waals surface area contributed by atoms with Crippen LogP contribution in [0.4, 0.5) is 19.0 Å². The molecule has 170 valence electrons. The molecular weight excluding hydrogens is 443 g/mol. The molecule has 0 bridgehead atoms. The van der Waals surface area contributed by atoms with E-state index in [1.54, 1.807) is 11.8 Å². The van der Waals surface area contributed by atoms with Gasteiger partial charge in [0.2, 0.25) is 0 Å². The van der Waals surface area contributed by atoms with Gasteiger partial charge in [-0.3, -0.25) is 0 Å². The van der Waals surface area contributed by atoms with E-state index < -0.39 is 29.6 Å². The summed E-state index contributed by atoms with van der Waals surface area (Å²) in [6.07, 6.45) is -3.29. The standard InChI is InChI=1S/C19H21ClF3N3O5/c1-2-28-17(27)15-12-9-29-18(30-10-14(12)31-25-15)3-5-26(6-4-18)16-13(20)7-11(8-24-16)19(21,22)23/h7-8,12,14H,2-6,9-10H2,1H3/t12-,14+/m1/s1. The van der Waals surface area contributed by atoms with Gasteiger partial charge in [-0.2, -0.15) is 13.2 Å². The third-order valence-electron chi connectivity index (χ3n) is 5.58. The molecule has 0 aromatic carbocycles. The molecule has 0 saturated carbocycles. The molecule has 0 radical (unpaired) electrons. The average molecular weight is 464 g/mol. The number of carbonyl (C=O) groups is 1. The van der Waals surface area contributed by atoms with Gasteiger partial charge in [0.05, 0.1) is 36.3 Å². The Balaban J connectivity index is 1.40. The van der Waals surface area contributed by atoms with E-state index in [1.165, 1.54) is 0 Å². The van der Waals surface area contributed by atoms with E-state index in [9.17, 15) is 18.0 Å². The number of piperidine rings is 1. The summed E-state index contributed by atoms with van der Waals surface area (Å²) in [7, 11) is 0. The van der Waals surface area contributed by atoms with Crippen molar-refractivity contribution in [2.45, 2.75) is 37.8 Å². The summed E-state index contributed by atoms with van der Waals surface area (Å²) in [4.78, 5) is 23.1. The molecule has 8 nitrogen and oxygen atoms in total. The van der Waals surface area contributed by atoms with Crippen LogP contribution in [0.1, 0.15) is 25.3 Å². The number of carbonyl (C=O) groups excluding carboxylic acids is 1. The maximum Gasteiger partial charge on any atom is 0.417 e. The second-order valence-corrected chi connectivity index (χ2v) is 7.90. The smallest absolute Gasteiger partial charge is 0.417 e. The number of halogens is 4. The van der Waals surface area contributed by atoms with E-state index in [4.69, 9.17) is 30.6 Å². The summed E-state index contributed by atoms with van der Waals surface area (Å²) in [5.41, 5.74) is -0.707. The molecule has 4 heterocycles. The second kappa shape index (κ2) is 8.44. The van der Waals surface area contributed by atoms with Crippen LogP contribution in [0, 0.1) is 5.92 Å². The van der Waals surface area contributed by atoms with E-state index in [0.29, 0.717) is 25.9 Å². The number of fused-ring (bicyclic) bond motifs is 1. The molecule has 4 rings (SSSR count). The monoisotopic (exact) mass is 463 g/mol. The highest BCUT2D eigenvalue weighted by Gasteiger charge is 2.47. The first-order chi connectivity index (χ1) is 14.7. The van der Waals surface area contributed by atoms with Crippen molar-refractivity contribution in [2.75, 3.05) is 37.8 Å². The third-order valence-corrected chi connectivity index (χ3v) is 5.86. The normalized spacial score (nSPS) is 25.5. The minimum atomic E-state index is -4.50. The van der Waals surface area contributed by atoms with E-state index in [2.05, 4.69) is 10.1 Å². The molecule has 0 amide bonds. The number of anilines is 1. The Kier molecular flexibility index (Phi) is 6.01. The van der Waals surface area contributed by atoms with Crippen LogP contribution in [0.2, 0.25) is 5.02 Å². The molecular formula is C19H21ClF3N3O5. The van der Waals surface area contributed by atoms with Crippen LogP contribution in [0.5, 0.6) is 0 Å². The van der Waals surface area contributed by atoms with Crippen molar-refractivity contribution in [2.24, 2.45) is 11.1 Å². The largest absolute Gasteiger partial charge is 0.461 e. The van der Waals surface area contributed by atoms with Gasteiger partial charge in [0.15, 0.2) is 17.6 Å². The topological polar surface area (TPSA) is 82.5 Å². The number of pyridine rings is 1. The molecule has 1 aromatic rings. The zero-order valence-corrected chi connectivity index (χ0v) is 17.4. The van der Waals surface area contributed by atoms with Gasteiger partial charge in [0, 0.05) is 32.1 Å². The van der Waals surface area contributed by atoms with Gasteiger partial charge in [0.1, 0.15) is 5.82 Å². The summed E-state index contributed by atoms with van der Waals surface area (Å²) in [6.45, 7) is 3.16. The first-order valence-electron chi connectivity index (χ1n) is 9.89. The molecule has 1 spiro atoms. The van der Waals surface area contributed by atoms with Crippen molar-refractivity contribution in [1.82, 2.24) is 4.98 Å². The van der Waals surface area contributed by atoms with Crippen molar-refractivity contribution in [3.05, 3.63) is 22.8 Å². The maximum atomic E-state index is 12.8. The minimum Gasteiger partial charge on any atom is -0.461 e. The zero-order valence-electron chi connectivity index (χ0n) is 16.7. The van der Waals surface area contributed by atoms with E-state index in [0.717, 1.165) is 12.3 Å². The fraction of sp³-hybridized carbons (Fsp3) is 0.632. The quantitative estimate of drug-likeness (QED) is 0.637. The molecule has 12 heteroatoms. The molecule has 0 unspecified atom stereocenters. The Labute approximate surface area is 181 Å².